The molecule has 0 unspecified atom stereocenters. The lowest BCUT2D eigenvalue weighted by molar-refractivity contribution is -0.223. The van der Waals surface area contributed by atoms with Crippen LogP contribution in [-0.2, 0) is 17.9 Å². The Morgan fingerprint density at radius 2 is 1.81 bits per heavy atom. The number of piperidine rings is 2. The van der Waals surface area contributed by atoms with Crippen LogP contribution in [0.1, 0.15) is 35.7 Å². The van der Waals surface area contributed by atoms with Gasteiger partial charge in [0.1, 0.15) is 23.5 Å². The third-order valence-electron chi connectivity index (χ3n) is 9.14. The molecule has 2 aromatic heterocycles. The maximum atomic E-state index is 15.8. The van der Waals surface area contributed by atoms with Gasteiger partial charge in [-0.15, -0.1) is 0 Å². The van der Waals surface area contributed by atoms with E-state index in [1.807, 2.05) is 37.3 Å². The zero-order chi connectivity index (χ0) is 34.1. The van der Waals surface area contributed by atoms with Crippen molar-refractivity contribution in [1.82, 2.24) is 29.3 Å². The molecule has 0 aliphatic carbocycles. The Bertz CT molecular complexity index is 1810. The highest BCUT2D eigenvalue weighted by Crippen LogP contribution is 2.41. The summed E-state index contributed by atoms with van der Waals surface area (Å²) >= 11 is 0. The first kappa shape index (κ1) is 33.1. The summed E-state index contributed by atoms with van der Waals surface area (Å²) in [4.78, 5) is 43.0. The molecule has 2 saturated heterocycles. The number of nitrogen functional groups attached to an aromatic ring is 1. The number of nitrogens with two attached hydrogens (primary N) is 1. The number of aliphatic hydroxyl groups is 1. The molecule has 252 valence electrons. The molecule has 2 aliphatic rings. The number of nitrogens with zero attached hydrogens (tertiary/aromatic N) is 6. The topological polar surface area (TPSA) is 140 Å². The fourth-order valence-electron chi connectivity index (χ4n) is 6.39. The number of benzene rings is 2. The minimum Gasteiger partial charge on any atom is -0.437 e. The van der Waals surface area contributed by atoms with Crippen molar-refractivity contribution in [1.29, 1.82) is 0 Å². The van der Waals surface area contributed by atoms with Crippen LogP contribution in [-0.4, -0.2) is 78.0 Å². The van der Waals surface area contributed by atoms with Gasteiger partial charge in [-0.05, 0) is 49.7 Å². The van der Waals surface area contributed by atoms with Gasteiger partial charge < -0.3 is 20.5 Å². The minimum absolute atomic E-state index is 0.130. The lowest BCUT2D eigenvalue weighted by atomic mass is 9.78. The lowest BCUT2D eigenvalue weighted by Gasteiger charge is -2.46. The van der Waals surface area contributed by atoms with Crippen molar-refractivity contribution in [3.63, 3.8) is 0 Å². The molecule has 0 radical (unpaired) electrons. The normalized spacial score (nSPS) is 22.7. The van der Waals surface area contributed by atoms with E-state index in [4.69, 9.17) is 10.5 Å². The van der Waals surface area contributed by atoms with Gasteiger partial charge in [0.25, 0.3) is 11.5 Å². The molecule has 4 heterocycles. The summed E-state index contributed by atoms with van der Waals surface area (Å²) in [5, 5.41) is 11.2. The van der Waals surface area contributed by atoms with E-state index in [9.17, 15) is 19.1 Å². The second-order valence-corrected chi connectivity index (χ2v) is 12.5. The van der Waals surface area contributed by atoms with Crippen LogP contribution >= 0.6 is 0 Å². The maximum Gasteiger partial charge on any atom is 0.295 e. The third kappa shape index (κ3) is 6.90. The smallest absolute Gasteiger partial charge is 0.295 e. The first-order chi connectivity index (χ1) is 22.9. The third-order valence-corrected chi connectivity index (χ3v) is 9.14. The van der Waals surface area contributed by atoms with Crippen molar-refractivity contribution in [3.8, 4) is 11.6 Å². The first-order valence-corrected chi connectivity index (χ1v) is 15.6. The van der Waals surface area contributed by atoms with Crippen LogP contribution < -0.4 is 16.0 Å². The van der Waals surface area contributed by atoms with Gasteiger partial charge in [-0.3, -0.25) is 29.0 Å². The number of amides is 1. The van der Waals surface area contributed by atoms with E-state index in [0.717, 1.165) is 44.9 Å². The molecule has 0 saturated carbocycles. The average Bonchev–Trinajstić information content (AvgIpc) is 3.08. The fraction of sp³-hybridized carbons (Fsp3) is 0.382. The molecular formula is C34H36F3N7O4. The number of likely N-dealkylation sites (tertiary alicyclic amines) is 2. The molecule has 2 aliphatic heterocycles. The number of rotatable bonds is 8. The molecule has 3 N–H and O–H groups in total. The Kier molecular flexibility index (Phi) is 9.21. The Hall–Kier alpha value is -4.82. The summed E-state index contributed by atoms with van der Waals surface area (Å²) in [7, 11) is 0. The van der Waals surface area contributed by atoms with Gasteiger partial charge >= 0.3 is 0 Å². The standard InChI is InChI=1S/C34H36F3N7O4/c1-22-15-40-25(16-39-22)17-42-13-11-27(28(18-42)23-5-3-2-4-6-23)31(45)43-14-12-33(47,34(36,37)20-43)19-44-21-41-30(29(38)32(44)46)48-26-9-7-24(35)8-10-26/h2-10,15-16,21,27-28,47H,11-14,17-20,38H2,1H3/t27-,28+,33+/m1/s1. The minimum atomic E-state index is -3.76. The molecule has 2 aromatic carbocycles. The summed E-state index contributed by atoms with van der Waals surface area (Å²) in [5.41, 5.74) is 4.46. The summed E-state index contributed by atoms with van der Waals surface area (Å²) in [6.07, 6.45) is 4.38. The molecule has 14 heteroatoms. The summed E-state index contributed by atoms with van der Waals surface area (Å²) in [5.74, 6) is -5.56. The first-order valence-electron chi connectivity index (χ1n) is 15.6. The molecule has 2 fully saturated rings. The number of alkyl halides is 2. The Morgan fingerprint density at radius 1 is 1.06 bits per heavy atom. The van der Waals surface area contributed by atoms with Crippen molar-refractivity contribution in [3.05, 3.63) is 106 Å². The van der Waals surface area contributed by atoms with Crippen molar-refractivity contribution >= 4 is 11.6 Å². The van der Waals surface area contributed by atoms with Crippen LogP contribution in [0.2, 0.25) is 0 Å². The number of carbonyl (C=O) groups is 1. The van der Waals surface area contributed by atoms with Gasteiger partial charge in [0, 0.05) is 50.3 Å². The molecular weight excluding hydrogens is 627 g/mol. The summed E-state index contributed by atoms with van der Waals surface area (Å²) in [6.45, 7) is 1.57. The number of anilines is 1. The number of aryl methyl sites for hydroxylation is 1. The van der Waals surface area contributed by atoms with Crippen molar-refractivity contribution in [2.24, 2.45) is 5.92 Å². The molecule has 1 amide bonds. The summed E-state index contributed by atoms with van der Waals surface area (Å²) < 4.78 is 51.1. The number of hydrogen-bond acceptors (Lipinski definition) is 9. The molecule has 3 atom stereocenters. The van der Waals surface area contributed by atoms with E-state index >= 15 is 8.78 Å². The number of carbonyl (C=O) groups excluding carboxylic acids is 1. The van der Waals surface area contributed by atoms with Crippen molar-refractivity contribution < 1.29 is 27.8 Å². The molecule has 48 heavy (non-hydrogen) atoms. The van der Waals surface area contributed by atoms with Crippen LogP contribution in [0.3, 0.4) is 0 Å². The number of ether oxygens (including phenoxy) is 1. The molecule has 4 aromatic rings. The van der Waals surface area contributed by atoms with E-state index in [1.54, 1.807) is 12.4 Å². The van der Waals surface area contributed by atoms with Gasteiger partial charge in [-0.25, -0.2) is 18.2 Å². The fourth-order valence-corrected chi connectivity index (χ4v) is 6.39. The van der Waals surface area contributed by atoms with Gasteiger partial charge in [0.2, 0.25) is 11.8 Å². The van der Waals surface area contributed by atoms with Crippen LogP contribution in [0.25, 0.3) is 0 Å². The van der Waals surface area contributed by atoms with E-state index < -0.39 is 59.9 Å². The van der Waals surface area contributed by atoms with Crippen LogP contribution in [0.15, 0.2) is 78.1 Å². The van der Waals surface area contributed by atoms with Gasteiger partial charge in [0.15, 0.2) is 5.69 Å². The Balaban J connectivity index is 1.15. The average molecular weight is 664 g/mol. The van der Waals surface area contributed by atoms with Crippen LogP contribution in [0.4, 0.5) is 18.9 Å². The van der Waals surface area contributed by atoms with Gasteiger partial charge in [-0.2, -0.15) is 0 Å². The zero-order valence-corrected chi connectivity index (χ0v) is 26.3. The van der Waals surface area contributed by atoms with Gasteiger partial charge in [-0.1, -0.05) is 30.3 Å². The molecule has 0 bridgehead atoms. The molecule has 0 spiro atoms. The quantitative estimate of drug-likeness (QED) is 0.289. The van der Waals surface area contributed by atoms with Crippen LogP contribution in [0, 0.1) is 18.7 Å². The SMILES string of the molecule is Cc1cnc(CN2CC[C@@H](C(=O)N3CC[C@](O)(Cn4cnc(Oc5ccc(F)cc5)c(N)c4=O)C(F)(F)C3)[C@H](c3ccccc3)C2)cn1. The highest BCUT2D eigenvalue weighted by atomic mass is 19.3. The largest absolute Gasteiger partial charge is 0.437 e. The lowest BCUT2D eigenvalue weighted by Crippen LogP contribution is -2.64. The second-order valence-electron chi connectivity index (χ2n) is 12.5. The number of halogens is 3. The summed E-state index contributed by atoms with van der Waals surface area (Å²) in [6, 6.07) is 14.5. The van der Waals surface area contributed by atoms with E-state index in [0.29, 0.717) is 26.1 Å². The second kappa shape index (κ2) is 13.4. The van der Waals surface area contributed by atoms with E-state index in [2.05, 4.69) is 19.9 Å². The number of aromatic nitrogens is 4. The van der Waals surface area contributed by atoms with Crippen LogP contribution in [0.5, 0.6) is 11.6 Å². The van der Waals surface area contributed by atoms with E-state index in [-0.39, 0.29) is 24.1 Å². The maximum absolute atomic E-state index is 15.8. The Morgan fingerprint density at radius 3 is 2.50 bits per heavy atom. The monoisotopic (exact) mass is 663 g/mol. The van der Waals surface area contributed by atoms with E-state index in [1.165, 1.54) is 12.1 Å². The molecule has 11 nitrogen and oxygen atoms in total. The highest BCUT2D eigenvalue weighted by Gasteiger charge is 2.57. The number of hydrogen-bond donors (Lipinski definition) is 2. The zero-order valence-electron chi connectivity index (χ0n) is 26.3. The van der Waals surface area contributed by atoms with Crippen molar-refractivity contribution in [2.75, 3.05) is 31.9 Å². The highest BCUT2D eigenvalue weighted by molar-refractivity contribution is 5.80. The Labute approximate surface area is 274 Å². The predicted octanol–water partition coefficient (Wildman–Crippen LogP) is 3.76. The van der Waals surface area contributed by atoms with Gasteiger partial charge in [0.05, 0.1) is 24.5 Å². The molecule has 6 rings (SSSR count). The predicted molar refractivity (Wildman–Crippen MR) is 170 cm³/mol. The van der Waals surface area contributed by atoms with Crippen molar-refractivity contribution in [2.45, 2.75) is 50.3 Å².